The van der Waals surface area contributed by atoms with E-state index >= 15 is 0 Å². The van der Waals surface area contributed by atoms with Crippen molar-refractivity contribution in [1.29, 1.82) is 0 Å². The van der Waals surface area contributed by atoms with Crippen molar-refractivity contribution in [2.75, 3.05) is 11.9 Å². The first-order valence-corrected chi connectivity index (χ1v) is 5.28. The van der Waals surface area contributed by atoms with Crippen LogP contribution in [0.15, 0.2) is 48.5 Å². The highest BCUT2D eigenvalue weighted by Gasteiger charge is 1.99. The van der Waals surface area contributed by atoms with Gasteiger partial charge in [-0.25, -0.2) is 0 Å². The predicted octanol–water partition coefficient (Wildman–Crippen LogP) is 2.65. The summed E-state index contributed by atoms with van der Waals surface area (Å²) in [4.78, 5) is 10.4. The first kappa shape index (κ1) is 11.2. The van der Waals surface area contributed by atoms with E-state index in [2.05, 4.69) is 11.4 Å². The molecule has 0 aliphatic carbocycles. The maximum atomic E-state index is 10.4. The normalized spacial score (nSPS) is 9.88. The summed E-state index contributed by atoms with van der Waals surface area (Å²) >= 11 is 0. The molecule has 3 nitrogen and oxygen atoms in total. The van der Waals surface area contributed by atoms with Crippen molar-refractivity contribution in [3.05, 3.63) is 54.6 Å². The Morgan fingerprint density at radius 1 is 1.18 bits per heavy atom. The van der Waals surface area contributed by atoms with Crippen molar-refractivity contribution < 1.29 is 9.90 Å². The quantitative estimate of drug-likeness (QED) is 0.842. The molecule has 0 aliphatic rings. The van der Waals surface area contributed by atoms with Crippen molar-refractivity contribution in [2.24, 2.45) is 0 Å². The summed E-state index contributed by atoms with van der Waals surface area (Å²) < 4.78 is 0. The van der Waals surface area contributed by atoms with Crippen LogP contribution in [0.4, 0.5) is 5.69 Å². The Balaban J connectivity index is 2.11. The molecule has 17 heavy (non-hydrogen) atoms. The Morgan fingerprint density at radius 2 is 1.94 bits per heavy atom. The number of nitrogens with one attached hydrogen (secondary N) is 1. The molecule has 0 saturated heterocycles. The predicted molar refractivity (Wildman–Crippen MR) is 66.8 cm³/mol. The molecule has 2 rings (SSSR count). The Kier molecular flexibility index (Phi) is 3.40. The van der Waals surface area contributed by atoms with Crippen LogP contribution in [0.3, 0.4) is 0 Å². The lowest BCUT2D eigenvalue weighted by atomic mass is 10.1. The number of hydrogen-bond donors (Lipinski definition) is 2. The molecule has 1 radical (unpaired) electrons. The molecule has 0 aliphatic heterocycles. The van der Waals surface area contributed by atoms with E-state index in [9.17, 15) is 4.79 Å². The van der Waals surface area contributed by atoms with E-state index in [1.807, 2.05) is 48.5 Å². The molecule has 85 valence electrons. The van der Waals surface area contributed by atoms with Crippen molar-refractivity contribution >= 4 is 11.7 Å². The molecule has 0 aromatic heterocycles. The molecule has 0 saturated carbocycles. The second kappa shape index (κ2) is 5.16. The summed E-state index contributed by atoms with van der Waals surface area (Å²) in [5.41, 5.74) is 2.98. The summed E-state index contributed by atoms with van der Waals surface area (Å²) in [6.45, 7) is -0.0710. The molecule has 3 heteroatoms. The average Bonchev–Trinajstić information content (AvgIpc) is 2.38. The molecule has 0 unspecified atom stereocenters. The highest BCUT2D eigenvalue weighted by Crippen LogP contribution is 2.20. The van der Waals surface area contributed by atoms with Crippen LogP contribution < -0.4 is 5.32 Å². The van der Waals surface area contributed by atoms with Gasteiger partial charge in [-0.05, 0) is 35.4 Å². The molecule has 0 atom stereocenters. The van der Waals surface area contributed by atoms with Gasteiger partial charge in [0, 0.05) is 5.69 Å². The van der Waals surface area contributed by atoms with Gasteiger partial charge in [0.15, 0.2) is 0 Å². The molecule has 0 spiro atoms. The molecular formula is C14H12NO2. The molecule has 0 bridgehead atoms. The standard InChI is InChI=1S/C14H12NO2/c16-14(17)10-15-13-8-6-12(7-9-13)11-4-2-1-3-5-11/h1-2,4-9,15H,10H2,(H,16,17). The van der Waals surface area contributed by atoms with E-state index in [1.165, 1.54) is 0 Å². The Morgan fingerprint density at radius 3 is 2.53 bits per heavy atom. The number of carboxylic acid groups (broad SMARTS) is 1. The lowest BCUT2D eigenvalue weighted by Crippen LogP contribution is -2.11. The monoisotopic (exact) mass is 226 g/mol. The van der Waals surface area contributed by atoms with Gasteiger partial charge in [-0.3, -0.25) is 4.79 Å². The third-order valence-electron chi connectivity index (χ3n) is 2.37. The van der Waals surface area contributed by atoms with Crippen molar-refractivity contribution in [3.8, 4) is 11.1 Å². The van der Waals surface area contributed by atoms with Crippen LogP contribution in [0.25, 0.3) is 11.1 Å². The lowest BCUT2D eigenvalue weighted by Gasteiger charge is -2.05. The zero-order valence-corrected chi connectivity index (χ0v) is 9.18. The van der Waals surface area contributed by atoms with Crippen molar-refractivity contribution in [1.82, 2.24) is 0 Å². The smallest absolute Gasteiger partial charge is 0.322 e. The second-order valence-electron chi connectivity index (χ2n) is 3.62. The van der Waals surface area contributed by atoms with Crippen molar-refractivity contribution in [3.63, 3.8) is 0 Å². The van der Waals surface area contributed by atoms with Crippen LogP contribution in [-0.2, 0) is 4.79 Å². The lowest BCUT2D eigenvalue weighted by molar-refractivity contribution is -0.134. The van der Waals surface area contributed by atoms with E-state index in [0.29, 0.717) is 0 Å². The van der Waals surface area contributed by atoms with E-state index in [0.717, 1.165) is 16.8 Å². The average molecular weight is 226 g/mol. The van der Waals surface area contributed by atoms with Gasteiger partial charge in [0.05, 0.1) is 0 Å². The third-order valence-corrected chi connectivity index (χ3v) is 2.37. The topological polar surface area (TPSA) is 49.3 Å². The van der Waals surface area contributed by atoms with Gasteiger partial charge in [-0.1, -0.05) is 30.3 Å². The van der Waals surface area contributed by atoms with Crippen LogP contribution in [0.1, 0.15) is 0 Å². The van der Waals surface area contributed by atoms with Crippen LogP contribution >= 0.6 is 0 Å². The van der Waals surface area contributed by atoms with Gasteiger partial charge in [-0.2, -0.15) is 0 Å². The Hall–Kier alpha value is -2.29. The van der Waals surface area contributed by atoms with Gasteiger partial charge in [0.2, 0.25) is 0 Å². The number of anilines is 1. The highest BCUT2D eigenvalue weighted by atomic mass is 16.4. The summed E-state index contributed by atoms with van der Waals surface area (Å²) in [7, 11) is 0. The van der Waals surface area contributed by atoms with Crippen LogP contribution in [-0.4, -0.2) is 17.6 Å². The number of rotatable bonds is 4. The van der Waals surface area contributed by atoms with Gasteiger partial charge in [0.1, 0.15) is 6.54 Å². The molecule has 0 fully saturated rings. The van der Waals surface area contributed by atoms with Crippen LogP contribution in [0.5, 0.6) is 0 Å². The number of carboxylic acids is 1. The van der Waals surface area contributed by atoms with E-state index in [4.69, 9.17) is 5.11 Å². The van der Waals surface area contributed by atoms with Gasteiger partial charge < -0.3 is 10.4 Å². The molecule has 0 amide bonds. The zero-order valence-electron chi connectivity index (χ0n) is 9.18. The number of carbonyl (C=O) groups is 1. The minimum Gasteiger partial charge on any atom is -0.480 e. The van der Waals surface area contributed by atoms with Gasteiger partial charge >= 0.3 is 5.97 Å². The Bertz CT molecular complexity index is 491. The molecular weight excluding hydrogens is 214 g/mol. The minimum atomic E-state index is -0.869. The second-order valence-corrected chi connectivity index (χ2v) is 3.62. The maximum Gasteiger partial charge on any atom is 0.322 e. The fourth-order valence-electron chi connectivity index (χ4n) is 1.53. The fraction of sp³-hybridized carbons (Fsp3) is 0.0714. The largest absolute Gasteiger partial charge is 0.480 e. The summed E-state index contributed by atoms with van der Waals surface area (Å²) in [5.74, 6) is -0.869. The zero-order chi connectivity index (χ0) is 12.1. The maximum absolute atomic E-state index is 10.4. The van der Waals surface area contributed by atoms with Gasteiger partial charge in [-0.15, -0.1) is 0 Å². The van der Waals surface area contributed by atoms with Crippen LogP contribution in [0, 0.1) is 6.07 Å². The molecule has 2 aromatic carbocycles. The third kappa shape index (κ3) is 3.08. The molecule has 0 heterocycles. The van der Waals surface area contributed by atoms with E-state index in [1.54, 1.807) is 0 Å². The van der Waals surface area contributed by atoms with E-state index < -0.39 is 5.97 Å². The molecule has 2 N–H and O–H groups in total. The summed E-state index contributed by atoms with van der Waals surface area (Å²) in [6.07, 6.45) is 0. The summed E-state index contributed by atoms with van der Waals surface area (Å²) in [6, 6.07) is 18.4. The van der Waals surface area contributed by atoms with Crippen molar-refractivity contribution in [2.45, 2.75) is 0 Å². The summed E-state index contributed by atoms with van der Waals surface area (Å²) in [5, 5.41) is 11.4. The van der Waals surface area contributed by atoms with Crippen LogP contribution in [0.2, 0.25) is 0 Å². The fourth-order valence-corrected chi connectivity index (χ4v) is 1.53. The number of aliphatic carboxylic acids is 1. The first-order chi connectivity index (χ1) is 8.25. The van der Waals surface area contributed by atoms with E-state index in [-0.39, 0.29) is 6.54 Å². The highest BCUT2D eigenvalue weighted by molar-refractivity contribution is 5.73. The van der Waals surface area contributed by atoms with Gasteiger partial charge in [0.25, 0.3) is 0 Å². The minimum absolute atomic E-state index is 0.0710. The first-order valence-electron chi connectivity index (χ1n) is 5.28. The molecule has 2 aromatic rings. The number of hydrogen-bond acceptors (Lipinski definition) is 2. The SMILES string of the molecule is O=C(O)CNc1ccc(-c2c[c]ccc2)cc1. The Labute approximate surface area is 99.7 Å². The number of benzene rings is 2.